The van der Waals surface area contributed by atoms with Gasteiger partial charge >= 0.3 is 0 Å². The van der Waals surface area contributed by atoms with Gasteiger partial charge in [0, 0.05) is 39.4 Å². The number of ether oxygens (including phenoxy) is 2. The first-order valence-electron chi connectivity index (χ1n) is 9.36. The second-order valence-corrected chi connectivity index (χ2v) is 7.02. The van der Waals surface area contributed by atoms with E-state index >= 15 is 0 Å². The van der Waals surface area contributed by atoms with Crippen LogP contribution in [-0.4, -0.2) is 76.6 Å². The Balaban J connectivity index is 0.00000576. The number of nitrogens with zero attached hydrogens (tertiary/aromatic N) is 2. The predicted molar refractivity (Wildman–Crippen MR) is 116 cm³/mol. The summed E-state index contributed by atoms with van der Waals surface area (Å²) < 4.78 is 10.4. The molecule has 1 aliphatic rings. The number of hydrogen-bond donors (Lipinski definition) is 2. The second kappa shape index (κ2) is 15.0. The lowest BCUT2D eigenvalue weighted by molar-refractivity contribution is 0.0689. The van der Waals surface area contributed by atoms with E-state index < -0.39 is 0 Å². The fourth-order valence-electron chi connectivity index (χ4n) is 2.91. The smallest absolute Gasteiger partial charge is 0.191 e. The molecule has 25 heavy (non-hydrogen) atoms. The van der Waals surface area contributed by atoms with Crippen molar-refractivity contribution < 1.29 is 9.47 Å². The first-order valence-corrected chi connectivity index (χ1v) is 9.36. The maximum Gasteiger partial charge on any atom is 0.191 e. The first kappa shape index (κ1) is 24.9. The van der Waals surface area contributed by atoms with Gasteiger partial charge in [0.15, 0.2) is 5.96 Å². The van der Waals surface area contributed by atoms with Gasteiger partial charge in [0.2, 0.25) is 0 Å². The number of nitrogens with one attached hydrogen (secondary N) is 2. The third-order valence-electron chi connectivity index (χ3n) is 4.56. The maximum atomic E-state index is 5.46. The minimum absolute atomic E-state index is 0. The Morgan fingerprint density at radius 3 is 2.40 bits per heavy atom. The average Bonchev–Trinajstić information content (AvgIpc) is 2.60. The van der Waals surface area contributed by atoms with Gasteiger partial charge in [-0.2, -0.15) is 0 Å². The summed E-state index contributed by atoms with van der Waals surface area (Å²) in [6.07, 6.45) is 6.14. The zero-order valence-corrected chi connectivity index (χ0v) is 18.9. The molecule has 0 aromatic carbocycles. The van der Waals surface area contributed by atoms with Crippen LogP contribution < -0.4 is 10.6 Å². The number of aliphatic imine (C=N–C) groups is 1. The molecule has 0 saturated carbocycles. The Morgan fingerprint density at radius 1 is 1.04 bits per heavy atom. The van der Waals surface area contributed by atoms with Gasteiger partial charge in [-0.1, -0.05) is 6.42 Å². The number of methoxy groups -OCH3 is 1. The summed E-state index contributed by atoms with van der Waals surface area (Å²) >= 11 is 0. The highest BCUT2D eigenvalue weighted by Crippen LogP contribution is 2.19. The van der Waals surface area contributed by atoms with Gasteiger partial charge < -0.3 is 20.1 Å². The van der Waals surface area contributed by atoms with Crippen molar-refractivity contribution >= 4 is 29.9 Å². The van der Waals surface area contributed by atoms with Crippen molar-refractivity contribution in [2.75, 3.05) is 60.2 Å². The van der Waals surface area contributed by atoms with Gasteiger partial charge in [-0.15, -0.1) is 24.0 Å². The zero-order valence-electron chi connectivity index (χ0n) is 16.6. The van der Waals surface area contributed by atoms with Crippen molar-refractivity contribution in [1.29, 1.82) is 0 Å². The number of hydrogen-bond acceptors (Lipinski definition) is 4. The van der Waals surface area contributed by atoms with Crippen LogP contribution in [0, 0.1) is 0 Å². The number of halogens is 1. The van der Waals surface area contributed by atoms with Crippen LogP contribution in [0.15, 0.2) is 4.99 Å². The molecule has 6 nitrogen and oxygen atoms in total. The van der Waals surface area contributed by atoms with Gasteiger partial charge in [-0.25, -0.2) is 0 Å². The van der Waals surface area contributed by atoms with E-state index in [1.165, 1.54) is 32.4 Å². The Kier molecular flexibility index (Phi) is 14.9. The van der Waals surface area contributed by atoms with Crippen molar-refractivity contribution in [2.24, 2.45) is 4.99 Å². The van der Waals surface area contributed by atoms with Crippen molar-refractivity contribution in [3.8, 4) is 0 Å². The summed E-state index contributed by atoms with van der Waals surface area (Å²) in [6.45, 7) is 11.0. The van der Waals surface area contributed by atoms with E-state index in [0.717, 1.165) is 38.5 Å². The Bertz CT molecular complexity index is 348. The van der Waals surface area contributed by atoms with Gasteiger partial charge in [0.1, 0.15) is 0 Å². The number of likely N-dealkylation sites (tertiary alicyclic amines) is 1. The van der Waals surface area contributed by atoms with Gasteiger partial charge in [-0.3, -0.25) is 9.89 Å². The molecule has 2 N–H and O–H groups in total. The van der Waals surface area contributed by atoms with Crippen LogP contribution in [-0.2, 0) is 9.47 Å². The quantitative estimate of drug-likeness (QED) is 0.210. The molecule has 7 heteroatoms. The number of rotatable bonds is 11. The molecule has 150 valence electrons. The molecule has 0 spiro atoms. The summed E-state index contributed by atoms with van der Waals surface area (Å²) in [7, 11) is 3.52. The van der Waals surface area contributed by atoms with Crippen molar-refractivity contribution in [3.05, 3.63) is 0 Å². The molecule has 0 unspecified atom stereocenters. The van der Waals surface area contributed by atoms with Gasteiger partial charge in [0.25, 0.3) is 0 Å². The van der Waals surface area contributed by atoms with E-state index in [-0.39, 0.29) is 29.5 Å². The Hall–Kier alpha value is -0.120. The highest BCUT2D eigenvalue weighted by Gasteiger charge is 2.27. The van der Waals surface area contributed by atoms with Crippen LogP contribution in [0.2, 0.25) is 0 Å². The fraction of sp³-hybridized carbons (Fsp3) is 0.944. The summed E-state index contributed by atoms with van der Waals surface area (Å²) in [5, 5.41) is 6.86. The summed E-state index contributed by atoms with van der Waals surface area (Å²) in [6, 6.07) is 0. The molecule has 0 aromatic heterocycles. The minimum Gasteiger partial charge on any atom is -0.382 e. The molecular formula is C18H39IN4O2. The molecule has 0 atom stereocenters. The average molecular weight is 470 g/mol. The van der Waals surface area contributed by atoms with Crippen molar-refractivity contribution in [3.63, 3.8) is 0 Å². The highest BCUT2D eigenvalue weighted by molar-refractivity contribution is 14.0. The van der Waals surface area contributed by atoms with Crippen LogP contribution in [0.5, 0.6) is 0 Å². The number of guanidine groups is 1. The summed E-state index contributed by atoms with van der Waals surface area (Å²) in [5.74, 6) is 0.889. The van der Waals surface area contributed by atoms with Crippen molar-refractivity contribution in [2.45, 2.75) is 51.5 Å². The van der Waals surface area contributed by atoms with E-state index in [0.29, 0.717) is 13.2 Å². The number of piperidine rings is 1. The normalized spacial score (nSPS) is 16.4. The Morgan fingerprint density at radius 2 is 1.76 bits per heavy atom. The molecular weight excluding hydrogens is 431 g/mol. The lowest BCUT2D eigenvalue weighted by atomic mass is 9.98. The molecule has 0 aliphatic carbocycles. The van der Waals surface area contributed by atoms with E-state index in [1.807, 2.05) is 7.05 Å². The lowest BCUT2D eigenvalue weighted by Gasteiger charge is -2.41. The molecule has 1 aliphatic heterocycles. The van der Waals surface area contributed by atoms with Crippen molar-refractivity contribution in [1.82, 2.24) is 15.5 Å². The second-order valence-electron chi connectivity index (χ2n) is 7.02. The van der Waals surface area contributed by atoms with Gasteiger partial charge in [-0.05, 0) is 52.6 Å². The van der Waals surface area contributed by atoms with E-state index in [1.54, 1.807) is 7.11 Å². The molecule has 1 heterocycles. The van der Waals surface area contributed by atoms with Crippen LogP contribution in [0.25, 0.3) is 0 Å². The predicted octanol–water partition coefficient (Wildman–Crippen LogP) is 2.48. The van der Waals surface area contributed by atoms with Crippen LogP contribution in [0.3, 0.4) is 0 Å². The highest BCUT2D eigenvalue weighted by atomic mass is 127. The standard InChI is InChI=1S/C18H38N4O2.HI/c1-18(2,22-11-7-5-8-12-22)16-21-17(19-3)20-10-6-9-13-24-15-14-23-4;/h5-16H2,1-4H3,(H2,19,20,21);1H. The molecule has 0 bridgehead atoms. The molecule has 1 rings (SSSR count). The zero-order chi connectivity index (χ0) is 17.7. The molecule has 1 fully saturated rings. The fourth-order valence-corrected chi connectivity index (χ4v) is 2.91. The van der Waals surface area contributed by atoms with Crippen LogP contribution >= 0.6 is 24.0 Å². The Labute approximate surface area is 171 Å². The van der Waals surface area contributed by atoms with E-state index in [9.17, 15) is 0 Å². The SMILES string of the molecule is CN=C(NCCCCOCCOC)NCC(C)(C)N1CCCCC1.I. The summed E-state index contributed by atoms with van der Waals surface area (Å²) in [5.41, 5.74) is 0.160. The topological polar surface area (TPSA) is 58.1 Å². The van der Waals surface area contributed by atoms with Crippen LogP contribution in [0.1, 0.15) is 46.0 Å². The third kappa shape index (κ3) is 11.2. The monoisotopic (exact) mass is 470 g/mol. The molecule has 0 radical (unpaired) electrons. The van der Waals surface area contributed by atoms with E-state index in [2.05, 4.69) is 34.4 Å². The lowest BCUT2D eigenvalue weighted by Crippen LogP contribution is -2.54. The van der Waals surface area contributed by atoms with E-state index in [4.69, 9.17) is 9.47 Å². The van der Waals surface area contributed by atoms with Gasteiger partial charge in [0.05, 0.1) is 13.2 Å². The largest absolute Gasteiger partial charge is 0.382 e. The molecule has 0 amide bonds. The maximum absolute atomic E-state index is 5.46. The molecule has 1 saturated heterocycles. The number of unbranched alkanes of at least 4 members (excludes halogenated alkanes) is 1. The van der Waals surface area contributed by atoms with Crippen LogP contribution in [0.4, 0.5) is 0 Å². The third-order valence-corrected chi connectivity index (χ3v) is 4.56. The molecule has 0 aromatic rings. The summed E-state index contributed by atoms with van der Waals surface area (Å²) in [4.78, 5) is 6.91. The first-order chi connectivity index (χ1) is 11.6. The minimum atomic E-state index is 0.